The Morgan fingerprint density at radius 2 is 1.52 bits per heavy atom. The predicted octanol–water partition coefficient (Wildman–Crippen LogP) is -0.671. The van der Waals surface area contributed by atoms with E-state index in [1.165, 1.54) is 20.1 Å². The van der Waals surface area contributed by atoms with Crippen molar-refractivity contribution in [1.82, 2.24) is 0 Å². The Kier molecular flexibility index (Phi) is 13.8. The van der Waals surface area contributed by atoms with Crippen molar-refractivity contribution in [3.63, 3.8) is 0 Å². The number of ether oxygens (including phenoxy) is 9. The number of esters is 2. The van der Waals surface area contributed by atoms with Gasteiger partial charge in [0.05, 0.1) is 37.1 Å². The molecule has 19 nitrogen and oxygen atoms in total. The third-order valence-electron chi connectivity index (χ3n) is 16.7. The van der Waals surface area contributed by atoms with E-state index in [4.69, 9.17) is 42.6 Å². The number of cyclic esters (lactones) is 1. The zero-order valence-electron chi connectivity index (χ0n) is 36.7. The van der Waals surface area contributed by atoms with Crippen molar-refractivity contribution in [3.8, 4) is 0 Å². The summed E-state index contributed by atoms with van der Waals surface area (Å²) < 4.78 is 53.1. The van der Waals surface area contributed by atoms with E-state index in [0.29, 0.717) is 12.3 Å². The highest BCUT2D eigenvalue weighted by Crippen LogP contribution is 2.70. The highest BCUT2D eigenvalue weighted by molar-refractivity contribution is 5.85. The quantitative estimate of drug-likeness (QED) is 0.0943. The summed E-state index contributed by atoms with van der Waals surface area (Å²) in [5.74, 6) is -0.528. The zero-order chi connectivity index (χ0) is 45.3. The molecule has 0 amide bonds. The molecule has 8 N–H and O–H groups in total. The molecule has 19 heteroatoms. The fourth-order valence-corrected chi connectivity index (χ4v) is 13.3. The fourth-order valence-electron chi connectivity index (χ4n) is 13.3. The minimum absolute atomic E-state index is 0.000125. The van der Waals surface area contributed by atoms with Gasteiger partial charge in [-0.1, -0.05) is 13.8 Å². The first kappa shape index (κ1) is 47.6. The van der Waals surface area contributed by atoms with Gasteiger partial charge in [-0.3, -0.25) is 4.79 Å². The lowest BCUT2D eigenvalue weighted by Gasteiger charge is -2.63. The molecule has 8 aliphatic rings. The van der Waals surface area contributed by atoms with Gasteiger partial charge in [0.1, 0.15) is 67.6 Å². The summed E-state index contributed by atoms with van der Waals surface area (Å²) in [6.45, 7) is 6.62. The van der Waals surface area contributed by atoms with Crippen molar-refractivity contribution in [2.24, 2.45) is 34.5 Å². The van der Waals surface area contributed by atoms with Crippen molar-refractivity contribution >= 4 is 11.9 Å². The first-order valence-corrected chi connectivity index (χ1v) is 22.7. The summed E-state index contributed by atoms with van der Waals surface area (Å²) in [6.07, 6.45) is -10.8. The summed E-state index contributed by atoms with van der Waals surface area (Å²) >= 11 is 0. The van der Waals surface area contributed by atoms with Crippen LogP contribution in [-0.2, 0) is 52.2 Å². The van der Waals surface area contributed by atoms with Crippen molar-refractivity contribution in [2.45, 2.75) is 189 Å². The number of hydrogen-bond acceptors (Lipinski definition) is 19. The molecule has 18 unspecified atom stereocenters. The first-order chi connectivity index (χ1) is 29.8. The van der Waals surface area contributed by atoms with Crippen LogP contribution in [0.15, 0.2) is 11.6 Å². The molecule has 8 rings (SSSR count). The molecule has 4 aliphatic carbocycles. The third-order valence-corrected chi connectivity index (χ3v) is 16.7. The Morgan fingerprint density at radius 3 is 2.19 bits per heavy atom. The number of hydrogen-bond donors (Lipinski definition) is 8. The summed E-state index contributed by atoms with van der Waals surface area (Å²) in [7, 11) is 1.52. The van der Waals surface area contributed by atoms with Crippen molar-refractivity contribution in [1.29, 1.82) is 0 Å². The van der Waals surface area contributed by atoms with E-state index < -0.39 is 128 Å². The predicted molar refractivity (Wildman–Crippen MR) is 213 cm³/mol. The summed E-state index contributed by atoms with van der Waals surface area (Å²) in [5.41, 5.74) is -0.944. The Hall–Kier alpha value is -1.92. The minimum atomic E-state index is -1.72. The summed E-state index contributed by atoms with van der Waals surface area (Å²) in [5, 5.41) is 85.4. The van der Waals surface area contributed by atoms with Gasteiger partial charge in [0, 0.05) is 44.3 Å². The number of aliphatic hydroxyl groups is 8. The van der Waals surface area contributed by atoms with Gasteiger partial charge in [0.2, 0.25) is 0 Å². The molecule has 3 saturated heterocycles. The van der Waals surface area contributed by atoms with Crippen LogP contribution in [-0.4, -0.2) is 184 Å². The molecule has 0 bridgehead atoms. The standard InChI is InChI=1S/C44H68O19/c1-19-39(63-41-38(53)36(51)34(49)29(62-41)18-57-40-37(52)35(50)33(48)28(16-45)61-40)26(55-5)14-31(58-19)60-23-8-10-42(3)22(13-23)6-7-25-24(42)9-11-43(4)32(21-12-30(47)56-17-21)27(59-20(2)46)15-44(25,43)54/h12,19,22-29,31-41,45,48-54H,6-11,13-18H2,1-5H3/t19?,22?,23-,24?,25?,26?,27-,28?,29?,31?,32-,33?,34?,35?,36?,37?,38?,39?,40?,41?,42-,43+,44?/m0/s1. The molecule has 7 fully saturated rings. The maximum Gasteiger partial charge on any atom is 0.331 e. The van der Waals surface area contributed by atoms with Crippen LogP contribution in [0.4, 0.5) is 0 Å². The van der Waals surface area contributed by atoms with Crippen molar-refractivity contribution in [2.75, 3.05) is 26.9 Å². The van der Waals surface area contributed by atoms with E-state index in [1.807, 2.05) is 0 Å². The molecular weight excluding hydrogens is 832 g/mol. The zero-order valence-corrected chi connectivity index (χ0v) is 36.7. The van der Waals surface area contributed by atoms with Crippen LogP contribution >= 0.6 is 0 Å². The number of fused-ring (bicyclic) bond motifs is 5. The Balaban J connectivity index is 0.874. The van der Waals surface area contributed by atoms with E-state index >= 15 is 0 Å². The average molecular weight is 901 g/mol. The smallest absolute Gasteiger partial charge is 0.331 e. The molecule has 23 atom stereocenters. The van der Waals surface area contributed by atoms with Gasteiger partial charge < -0.3 is 83.5 Å². The van der Waals surface area contributed by atoms with Gasteiger partial charge >= 0.3 is 11.9 Å². The summed E-state index contributed by atoms with van der Waals surface area (Å²) in [6, 6.07) is 0. The van der Waals surface area contributed by atoms with Gasteiger partial charge in [0.25, 0.3) is 0 Å². The van der Waals surface area contributed by atoms with E-state index in [-0.39, 0.29) is 42.3 Å². The van der Waals surface area contributed by atoms with Crippen LogP contribution in [0.3, 0.4) is 0 Å². The average Bonchev–Trinajstić information content (AvgIpc) is 3.76. The van der Waals surface area contributed by atoms with E-state index in [0.717, 1.165) is 50.5 Å². The second kappa shape index (κ2) is 18.3. The van der Waals surface area contributed by atoms with E-state index in [2.05, 4.69) is 13.8 Å². The lowest BCUT2D eigenvalue weighted by atomic mass is 9.43. The molecule has 63 heavy (non-hydrogen) atoms. The molecule has 0 aromatic heterocycles. The lowest BCUT2D eigenvalue weighted by molar-refractivity contribution is -0.355. The van der Waals surface area contributed by atoms with Crippen LogP contribution in [0.1, 0.15) is 85.5 Å². The number of carbonyl (C=O) groups is 2. The van der Waals surface area contributed by atoms with Crippen molar-refractivity contribution < 1.29 is 93.1 Å². The van der Waals surface area contributed by atoms with E-state index in [9.17, 15) is 50.4 Å². The van der Waals surface area contributed by atoms with Crippen LogP contribution in [0, 0.1) is 34.5 Å². The van der Waals surface area contributed by atoms with E-state index in [1.54, 1.807) is 6.92 Å². The first-order valence-electron chi connectivity index (χ1n) is 22.7. The monoisotopic (exact) mass is 900 g/mol. The lowest BCUT2D eigenvalue weighted by Crippen LogP contribution is -2.63. The minimum Gasteiger partial charge on any atom is -0.462 e. The molecule has 0 aromatic carbocycles. The molecule has 0 aromatic rings. The topological polar surface area (TPSA) is 279 Å². The largest absolute Gasteiger partial charge is 0.462 e. The van der Waals surface area contributed by atoms with Gasteiger partial charge in [-0.05, 0) is 80.6 Å². The second-order valence-electron chi connectivity index (χ2n) is 20.0. The Labute approximate surface area is 366 Å². The molecule has 4 saturated carbocycles. The van der Waals surface area contributed by atoms with Crippen LogP contribution in [0.5, 0.6) is 0 Å². The maximum absolute atomic E-state index is 12.9. The second-order valence-corrected chi connectivity index (χ2v) is 20.0. The SMILES string of the molecule is COC1CC(O[C@H]2CC[C@@]3(C)C(CCC4C3CC[C@]3(C)[C@@H](C5=CC(=O)OC5)[C@@H](OC(C)=O)CC43O)C2)OC(C)C1OC1OC(COC2OC(CO)C(O)C(O)C2O)C(O)C(O)C1O. The molecule has 4 aliphatic heterocycles. The number of methoxy groups -OCH3 is 1. The molecular formula is C44H68O19. The van der Waals surface area contributed by atoms with Crippen LogP contribution in [0.25, 0.3) is 0 Å². The molecule has 0 spiro atoms. The Morgan fingerprint density at radius 1 is 0.825 bits per heavy atom. The van der Waals surface area contributed by atoms with Crippen molar-refractivity contribution in [3.05, 3.63) is 11.6 Å². The number of carbonyl (C=O) groups excluding carboxylic acids is 2. The highest BCUT2D eigenvalue weighted by atomic mass is 16.8. The van der Waals surface area contributed by atoms with Crippen LogP contribution < -0.4 is 0 Å². The third kappa shape index (κ3) is 8.43. The normalized spacial score (nSPS) is 52.3. The number of aliphatic hydroxyl groups excluding tert-OH is 7. The maximum atomic E-state index is 12.9. The molecule has 0 radical (unpaired) electrons. The van der Waals surface area contributed by atoms with Gasteiger partial charge in [-0.15, -0.1) is 0 Å². The number of rotatable bonds is 11. The fraction of sp³-hybridized carbons (Fsp3) is 0.909. The van der Waals surface area contributed by atoms with Crippen LogP contribution in [0.2, 0.25) is 0 Å². The van der Waals surface area contributed by atoms with Gasteiger partial charge in [-0.25, -0.2) is 4.79 Å². The van der Waals surface area contributed by atoms with Gasteiger partial charge in [0.15, 0.2) is 18.9 Å². The van der Waals surface area contributed by atoms with Gasteiger partial charge in [-0.2, -0.15) is 0 Å². The molecule has 358 valence electrons. The summed E-state index contributed by atoms with van der Waals surface area (Å²) in [4.78, 5) is 24.5. The Bertz CT molecular complexity index is 1680. The molecule has 4 heterocycles. The highest BCUT2D eigenvalue weighted by Gasteiger charge is 2.71.